The number of Topliss-reactive ketones (excluding diaryl/α,β-unsaturated/α-hetero) is 1. The third kappa shape index (κ3) is 4.30. The first-order chi connectivity index (χ1) is 15.8. The number of para-hydroxylation sites is 1. The molecule has 2 aromatic rings. The number of ether oxygens (including phenoxy) is 2. The van der Waals surface area contributed by atoms with Crippen LogP contribution in [0.1, 0.15) is 56.6 Å². The monoisotopic (exact) mass is 449 g/mol. The Morgan fingerprint density at radius 2 is 1.73 bits per heavy atom. The first kappa shape index (κ1) is 22.8. The zero-order valence-corrected chi connectivity index (χ0v) is 19.3. The van der Waals surface area contributed by atoms with Gasteiger partial charge in [-0.25, -0.2) is 9.18 Å². The van der Waals surface area contributed by atoms with Crippen molar-refractivity contribution < 1.29 is 23.5 Å². The largest absolute Gasteiger partial charge is 0.496 e. The van der Waals surface area contributed by atoms with Crippen molar-refractivity contribution in [3.05, 3.63) is 88.0 Å². The third-order valence-corrected chi connectivity index (χ3v) is 6.19. The van der Waals surface area contributed by atoms with E-state index in [1.807, 2.05) is 24.3 Å². The standard InChI is InChI=1S/C27H28FNO4/c1-15(2)33-27(31)24-16(3)29-21-13-17(18-9-6-8-12-23(18)32-4)14-22(30)26(21)25(24)19-10-5-7-11-20(19)28/h5-12,15,17,25,29H,13-14H2,1-4H3/t17-,25-/m0/s1. The summed E-state index contributed by atoms with van der Waals surface area (Å²) in [6.07, 6.45) is 0.458. The molecule has 1 N–H and O–H groups in total. The second-order valence-electron chi connectivity index (χ2n) is 8.73. The van der Waals surface area contributed by atoms with Crippen LogP contribution in [0, 0.1) is 5.82 Å². The minimum absolute atomic E-state index is 0.0851. The summed E-state index contributed by atoms with van der Waals surface area (Å²) in [5.74, 6) is -1.30. The van der Waals surface area contributed by atoms with E-state index in [0.717, 1.165) is 11.3 Å². The quantitative estimate of drug-likeness (QED) is 0.640. The number of nitrogens with one attached hydrogen (secondary N) is 1. The molecule has 0 amide bonds. The number of hydrogen-bond acceptors (Lipinski definition) is 5. The number of esters is 1. The van der Waals surface area contributed by atoms with Gasteiger partial charge in [0.15, 0.2) is 5.78 Å². The SMILES string of the molecule is COc1ccccc1[C@@H]1CC(=O)C2=C(C1)NC(C)=C(C(=O)OC(C)C)[C@@H]2c1ccccc1F. The summed E-state index contributed by atoms with van der Waals surface area (Å²) < 4.78 is 26.0. The van der Waals surface area contributed by atoms with Gasteiger partial charge in [0.1, 0.15) is 11.6 Å². The van der Waals surface area contributed by atoms with Crippen LogP contribution in [0.2, 0.25) is 0 Å². The molecule has 1 heterocycles. The van der Waals surface area contributed by atoms with Crippen molar-refractivity contribution in [2.24, 2.45) is 0 Å². The van der Waals surface area contributed by atoms with E-state index in [4.69, 9.17) is 9.47 Å². The molecule has 5 nitrogen and oxygen atoms in total. The van der Waals surface area contributed by atoms with Gasteiger partial charge in [-0.1, -0.05) is 36.4 Å². The molecule has 0 bridgehead atoms. The van der Waals surface area contributed by atoms with Gasteiger partial charge in [-0.05, 0) is 44.9 Å². The maximum absolute atomic E-state index is 15.0. The summed E-state index contributed by atoms with van der Waals surface area (Å²) in [7, 11) is 1.61. The van der Waals surface area contributed by atoms with Crippen LogP contribution < -0.4 is 10.1 Å². The predicted octanol–water partition coefficient (Wildman–Crippen LogP) is 5.15. The van der Waals surface area contributed by atoms with Gasteiger partial charge in [-0.2, -0.15) is 0 Å². The average Bonchev–Trinajstić information content (AvgIpc) is 2.77. The Balaban J connectivity index is 1.82. The van der Waals surface area contributed by atoms with Crippen LogP contribution >= 0.6 is 0 Å². The van der Waals surface area contributed by atoms with Crippen LogP contribution in [-0.2, 0) is 14.3 Å². The zero-order chi connectivity index (χ0) is 23.7. The molecule has 33 heavy (non-hydrogen) atoms. The molecular formula is C27H28FNO4. The van der Waals surface area contributed by atoms with E-state index < -0.39 is 17.7 Å². The molecule has 0 saturated heterocycles. The number of carbonyl (C=O) groups is 2. The van der Waals surface area contributed by atoms with Crippen molar-refractivity contribution in [3.63, 3.8) is 0 Å². The lowest BCUT2D eigenvalue weighted by Crippen LogP contribution is -2.36. The fourth-order valence-corrected chi connectivity index (χ4v) is 4.83. The zero-order valence-electron chi connectivity index (χ0n) is 19.3. The maximum Gasteiger partial charge on any atom is 0.337 e. The minimum atomic E-state index is -0.820. The fraction of sp³-hybridized carbons (Fsp3) is 0.333. The number of halogens is 1. The van der Waals surface area contributed by atoms with E-state index in [1.165, 1.54) is 6.07 Å². The smallest absolute Gasteiger partial charge is 0.337 e. The summed E-state index contributed by atoms with van der Waals surface area (Å²) in [4.78, 5) is 26.6. The molecular weight excluding hydrogens is 421 g/mol. The Hall–Kier alpha value is -3.41. The molecule has 1 aliphatic heterocycles. The van der Waals surface area contributed by atoms with E-state index in [-0.39, 0.29) is 29.8 Å². The van der Waals surface area contributed by atoms with Gasteiger partial charge < -0.3 is 14.8 Å². The lowest BCUT2D eigenvalue weighted by atomic mass is 9.71. The number of dihydropyridines is 1. The molecule has 1 aliphatic carbocycles. The molecule has 0 spiro atoms. The molecule has 6 heteroatoms. The van der Waals surface area contributed by atoms with Gasteiger partial charge in [0.05, 0.1) is 24.7 Å². The summed E-state index contributed by atoms with van der Waals surface area (Å²) in [6, 6.07) is 14.0. The van der Waals surface area contributed by atoms with Gasteiger partial charge in [0.2, 0.25) is 0 Å². The molecule has 0 radical (unpaired) electrons. The van der Waals surface area contributed by atoms with Crippen LogP contribution in [0.15, 0.2) is 71.1 Å². The highest BCUT2D eigenvalue weighted by molar-refractivity contribution is 6.04. The van der Waals surface area contributed by atoms with Crippen LogP contribution in [0.3, 0.4) is 0 Å². The first-order valence-electron chi connectivity index (χ1n) is 11.1. The Morgan fingerprint density at radius 3 is 2.39 bits per heavy atom. The van der Waals surface area contributed by atoms with Crippen LogP contribution in [0.4, 0.5) is 4.39 Å². The van der Waals surface area contributed by atoms with E-state index in [1.54, 1.807) is 46.1 Å². The fourth-order valence-electron chi connectivity index (χ4n) is 4.83. The average molecular weight is 450 g/mol. The number of ketones is 1. The number of allylic oxidation sites excluding steroid dienone is 3. The van der Waals surface area contributed by atoms with Gasteiger partial charge in [-0.15, -0.1) is 0 Å². The molecule has 0 saturated carbocycles. The number of hydrogen-bond donors (Lipinski definition) is 1. The second kappa shape index (κ2) is 9.22. The van der Waals surface area contributed by atoms with Gasteiger partial charge in [0.25, 0.3) is 0 Å². The summed E-state index contributed by atoms with van der Waals surface area (Å²) in [5.41, 5.74) is 3.25. The van der Waals surface area contributed by atoms with Crippen molar-refractivity contribution in [3.8, 4) is 5.75 Å². The van der Waals surface area contributed by atoms with Gasteiger partial charge >= 0.3 is 5.97 Å². The molecule has 2 aliphatic rings. The van der Waals surface area contributed by atoms with Crippen LogP contribution in [-0.4, -0.2) is 25.0 Å². The number of rotatable bonds is 5. The normalized spacial score (nSPS) is 20.5. The van der Waals surface area contributed by atoms with Crippen LogP contribution in [0.5, 0.6) is 5.75 Å². The summed E-state index contributed by atoms with van der Waals surface area (Å²) in [6.45, 7) is 5.29. The predicted molar refractivity (Wildman–Crippen MR) is 123 cm³/mol. The Labute approximate surface area is 193 Å². The van der Waals surface area contributed by atoms with Gasteiger partial charge in [0, 0.05) is 34.9 Å². The molecule has 0 unspecified atom stereocenters. The number of benzene rings is 2. The molecule has 0 aromatic heterocycles. The van der Waals surface area contributed by atoms with Crippen LogP contribution in [0.25, 0.3) is 0 Å². The van der Waals surface area contributed by atoms with Crippen molar-refractivity contribution >= 4 is 11.8 Å². The summed E-state index contributed by atoms with van der Waals surface area (Å²) >= 11 is 0. The van der Waals surface area contributed by atoms with Crippen molar-refractivity contribution in [1.82, 2.24) is 5.32 Å². The maximum atomic E-state index is 15.0. The van der Waals surface area contributed by atoms with E-state index in [9.17, 15) is 14.0 Å². The van der Waals surface area contributed by atoms with Crippen molar-refractivity contribution in [1.29, 1.82) is 0 Å². The number of carbonyl (C=O) groups excluding carboxylic acids is 2. The first-order valence-corrected chi connectivity index (χ1v) is 11.1. The third-order valence-electron chi connectivity index (χ3n) is 6.19. The van der Waals surface area contributed by atoms with E-state index in [0.29, 0.717) is 29.0 Å². The van der Waals surface area contributed by atoms with Crippen molar-refractivity contribution in [2.45, 2.75) is 51.6 Å². The van der Waals surface area contributed by atoms with Crippen molar-refractivity contribution in [2.75, 3.05) is 7.11 Å². The number of methoxy groups -OCH3 is 1. The Kier molecular flexibility index (Phi) is 6.36. The Morgan fingerprint density at radius 1 is 1.06 bits per heavy atom. The highest BCUT2D eigenvalue weighted by Gasteiger charge is 2.42. The lowest BCUT2D eigenvalue weighted by Gasteiger charge is -2.37. The highest BCUT2D eigenvalue weighted by Crippen LogP contribution is 2.47. The van der Waals surface area contributed by atoms with E-state index in [2.05, 4.69) is 5.32 Å². The highest BCUT2D eigenvalue weighted by atomic mass is 19.1. The lowest BCUT2D eigenvalue weighted by molar-refractivity contribution is -0.143. The topological polar surface area (TPSA) is 64.6 Å². The molecule has 172 valence electrons. The molecule has 2 aromatic carbocycles. The Bertz CT molecular complexity index is 1160. The molecule has 4 rings (SSSR count). The second-order valence-corrected chi connectivity index (χ2v) is 8.73. The summed E-state index contributed by atoms with van der Waals surface area (Å²) in [5, 5.41) is 3.28. The van der Waals surface area contributed by atoms with E-state index >= 15 is 0 Å². The molecule has 2 atom stereocenters. The van der Waals surface area contributed by atoms with Gasteiger partial charge in [-0.3, -0.25) is 4.79 Å². The molecule has 0 fully saturated rings. The minimum Gasteiger partial charge on any atom is -0.496 e.